The van der Waals surface area contributed by atoms with Crippen LogP contribution in [0.25, 0.3) is 0 Å². The van der Waals surface area contributed by atoms with Gasteiger partial charge in [0.1, 0.15) is 5.75 Å². The number of ether oxygens (including phenoxy) is 1. The van der Waals surface area contributed by atoms with Crippen LogP contribution < -0.4 is 10.1 Å². The van der Waals surface area contributed by atoms with Crippen molar-refractivity contribution >= 4 is 15.7 Å². The van der Waals surface area contributed by atoms with E-state index in [0.29, 0.717) is 17.9 Å². The summed E-state index contributed by atoms with van der Waals surface area (Å²) >= 11 is 0. The second-order valence-electron chi connectivity index (χ2n) is 8.92. The third-order valence-corrected chi connectivity index (χ3v) is 8.55. The number of rotatable bonds is 6. The molecular formula is C24H34N2O4S. The molecule has 1 N–H and O–H groups in total. The summed E-state index contributed by atoms with van der Waals surface area (Å²) < 4.78 is 30.9. The molecule has 2 heterocycles. The molecule has 1 aliphatic carbocycles. The lowest BCUT2D eigenvalue weighted by atomic mass is 10.00. The van der Waals surface area contributed by atoms with E-state index >= 15 is 0 Å². The first-order valence-corrected chi connectivity index (χ1v) is 13.3. The van der Waals surface area contributed by atoms with E-state index in [2.05, 4.69) is 23.2 Å². The van der Waals surface area contributed by atoms with E-state index in [4.69, 9.17) is 4.74 Å². The van der Waals surface area contributed by atoms with E-state index in [1.165, 1.54) is 24.6 Å². The van der Waals surface area contributed by atoms with Crippen molar-refractivity contribution in [3.63, 3.8) is 0 Å². The number of fused-ring (bicyclic) bond motifs is 1. The third kappa shape index (κ3) is 4.61. The molecule has 1 amide bonds. The molecule has 2 atom stereocenters. The Morgan fingerprint density at radius 3 is 2.81 bits per heavy atom. The lowest BCUT2D eigenvalue weighted by molar-refractivity contribution is 0.0914. The van der Waals surface area contributed by atoms with Crippen LogP contribution in [0.15, 0.2) is 28.8 Å². The van der Waals surface area contributed by atoms with Crippen molar-refractivity contribution in [3.8, 4) is 5.75 Å². The second kappa shape index (κ2) is 9.23. The van der Waals surface area contributed by atoms with E-state index in [1.54, 1.807) is 13.0 Å². The van der Waals surface area contributed by atoms with E-state index < -0.39 is 9.84 Å². The predicted molar refractivity (Wildman–Crippen MR) is 121 cm³/mol. The molecule has 2 aliphatic heterocycles. The van der Waals surface area contributed by atoms with E-state index in [1.807, 2.05) is 0 Å². The number of benzene rings is 1. The zero-order chi connectivity index (χ0) is 22.0. The standard InChI is InChI=1S/C24H34N2O4S/c1-3-31(28,29)20-15-18-9-8-14-30-23(18)21(16-20)24(27)25-17(2)22-12-7-13-26(22)19-10-5-4-6-11-19/h10,15-17,22H,3-9,11-14H2,1-2H3,(H,25,27). The Hall–Kier alpha value is -2.02. The largest absolute Gasteiger partial charge is 0.492 e. The molecule has 0 bridgehead atoms. The van der Waals surface area contributed by atoms with Crippen LogP contribution in [0.5, 0.6) is 5.75 Å². The molecule has 31 heavy (non-hydrogen) atoms. The van der Waals surface area contributed by atoms with Crippen LogP contribution in [0.1, 0.15) is 74.7 Å². The minimum absolute atomic E-state index is 0.0102. The van der Waals surface area contributed by atoms with Gasteiger partial charge in [0, 0.05) is 24.3 Å². The van der Waals surface area contributed by atoms with Gasteiger partial charge in [-0.2, -0.15) is 0 Å². The summed E-state index contributed by atoms with van der Waals surface area (Å²) in [6.07, 6.45) is 10.8. The van der Waals surface area contributed by atoms with Gasteiger partial charge in [-0.1, -0.05) is 13.0 Å². The minimum Gasteiger partial charge on any atom is -0.492 e. The fraction of sp³-hybridized carbons (Fsp3) is 0.625. The fourth-order valence-corrected chi connectivity index (χ4v) is 6.05. The first-order valence-electron chi connectivity index (χ1n) is 11.7. The van der Waals surface area contributed by atoms with Gasteiger partial charge in [-0.15, -0.1) is 0 Å². The van der Waals surface area contributed by atoms with Crippen LogP contribution >= 0.6 is 0 Å². The van der Waals surface area contributed by atoms with Crippen LogP contribution in [0, 0.1) is 0 Å². The highest BCUT2D eigenvalue weighted by Crippen LogP contribution is 2.34. The number of carbonyl (C=O) groups is 1. The molecular weight excluding hydrogens is 412 g/mol. The zero-order valence-electron chi connectivity index (χ0n) is 18.7. The average Bonchev–Trinajstić information content (AvgIpc) is 3.29. The molecule has 0 spiro atoms. The van der Waals surface area contributed by atoms with Crippen molar-refractivity contribution in [3.05, 3.63) is 35.0 Å². The van der Waals surface area contributed by atoms with Gasteiger partial charge in [-0.25, -0.2) is 8.42 Å². The van der Waals surface area contributed by atoms with Gasteiger partial charge in [0.15, 0.2) is 9.84 Å². The Bertz CT molecular complexity index is 970. The molecule has 0 aromatic heterocycles. The summed E-state index contributed by atoms with van der Waals surface area (Å²) in [6.45, 7) is 5.28. The number of aryl methyl sites for hydroxylation is 1. The highest BCUT2D eigenvalue weighted by Gasteiger charge is 2.33. The van der Waals surface area contributed by atoms with Crippen LogP contribution in [-0.4, -0.2) is 50.2 Å². The number of nitrogens with zero attached hydrogens (tertiary/aromatic N) is 1. The molecule has 170 valence electrons. The van der Waals surface area contributed by atoms with Crippen LogP contribution in [0.4, 0.5) is 0 Å². The van der Waals surface area contributed by atoms with Gasteiger partial charge in [0.05, 0.1) is 22.8 Å². The Kier molecular flexibility index (Phi) is 6.60. The number of likely N-dealkylation sites (tertiary alicyclic amines) is 1. The van der Waals surface area contributed by atoms with Crippen molar-refractivity contribution in [2.75, 3.05) is 18.9 Å². The van der Waals surface area contributed by atoms with Crippen LogP contribution in [0.2, 0.25) is 0 Å². The quantitative estimate of drug-likeness (QED) is 0.718. The highest BCUT2D eigenvalue weighted by molar-refractivity contribution is 7.91. The number of amides is 1. The topological polar surface area (TPSA) is 75.7 Å². The number of sulfone groups is 1. The van der Waals surface area contributed by atoms with Gasteiger partial charge in [-0.05, 0) is 76.0 Å². The van der Waals surface area contributed by atoms with Gasteiger partial charge < -0.3 is 15.0 Å². The summed E-state index contributed by atoms with van der Waals surface area (Å²) in [6, 6.07) is 3.42. The van der Waals surface area contributed by atoms with Gasteiger partial charge in [0.2, 0.25) is 0 Å². The minimum atomic E-state index is -3.41. The third-order valence-electron chi connectivity index (χ3n) is 6.83. The molecule has 6 nitrogen and oxygen atoms in total. The Balaban J connectivity index is 1.58. The van der Waals surface area contributed by atoms with Crippen molar-refractivity contribution in [2.45, 2.75) is 82.2 Å². The number of allylic oxidation sites excluding steroid dienone is 2. The maximum Gasteiger partial charge on any atom is 0.255 e. The lowest BCUT2D eigenvalue weighted by Gasteiger charge is -2.35. The first-order chi connectivity index (χ1) is 14.9. The average molecular weight is 447 g/mol. The number of hydrogen-bond donors (Lipinski definition) is 1. The normalized spacial score (nSPS) is 22.3. The maximum absolute atomic E-state index is 13.3. The summed E-state index contributed by atoms with van der Waals surface area (Å²) in [5, 5.41) is 3.17. The summed E-state index contributed by atoms with van der Waals surface area (Å²) in [4.78, 5) is 16.0. The molecule has 1 fully saturated rings. The molecule has 0 saturated carbocycles. The predicted octanol–water partition coefficient (Wildman–Crippen LogP) is 3.85. The molecule has 1 aromatic rings. The molecule has 1 saturated heterocycles. The lowest BCUT2D eigenvalue weighted by Crippen LogP contribution is -2.47. The molecule has 4 rings (SSSR count). The summed E-state index contributed by atoms with van der Waals surface area (Å²) in [5.74, 6) is 0.309. The molecule has 2 unspecified atom stereocenters. The van der Waals surface area contributed by atoms with Gasteiger partial charge in [-0.3, -0.25) is 4.79 Å². The molecule has 7 heteroatoms. The van der Waals surface area contributed by atoms with Crippen molar-refractivity contribution in [2.24, 2.45) is 0 Å². The van der Waals surface area contributed by atoms with Crippen molar-refractivity contribution < 1.29 is 17.9 Å². The smallest absolute Gasteiger partial charge is 0.255 e. The first kappa shape index (κ1) is 22.2. The van der Waals surface area contributed by atoms with Gasteiger partial charge >= 0.3 is 0 Å². The number of nitrogens with one attached hydrogen (secondary N) is 1. The number of hydrogen-bond acceptors (Lipinski definition) is 5. The Morgan fingerprint density at radius 2 is 2.06 bits per heavy atom. The van der Waals surface area contributed by atoms with Gasteiger partial charge in [0.25, 0.3) is 5.91 Å². The second-order valence-corrected chi connectivity index (χ2v) is 11.2. The SMILES string of the molecule is CCS(=O)(=O)c1cc2c(c(C(=O)NC(C)C3CCCN3C3=CCCCC3)c1)OCCC2. The molecule has 3 aliphatic rings. The summed E-state index contributed by atoms with van der Waals surface area (Å²) in [7, 11) is -3.41. The van der Waals surface area contributed by atoms with E-state index in [-0.39, 0.29) is 28.6 Å². The zero-order valence-corrected chi connectivity index (χ0v) is 19.5. The highest BCUT2D eigenvalue weighted by atomic mass is 32.2. The molecule has 1 aromatic carbocycles. The van der Waals surface area contributed by atoms with E-state index in [0.717, 1.165) is 50.6 Å². The monoisotopic (exact) mass is 446 g/mol. The van der Waals surface area contributed by atoms with Crippen molar-refractivity contribution in [1.82, 2.24) is 10.2 Å². The van der Waals surface area contributed by atoms with E-state index in [9.17, 15) is 13.2 Å². The Morgan fingerprint density at radius 1 is 1.23 bits per heavy atom. The maximum atomic E-state index is 13.3. The summed E-state index contributed by atoms with van der Waals surface area (Å²) in [5.41, 5.74) is 2.58. The van der Waals surface area contributed by atoms with Crippen molar-refractivity contribution in [1.29, 1.82) is 0 Å². The number of carbonyl (C=O) groups excluding carboxylic acids is 1. The fourth-order valence-electron chi connectivity index (χ4n) is 5.10. The molecule has 0 radical (unpaired) electrons. The van der Waals surface area contributed by atoms with Crippen LogP contribution in [0.3, 0.4) is 0 Å². The Labute approximate surface area is 186 Å². The van der Waals surface area contributed by atoms with Crippen LogP contribution in [-0.2, 0) is 16.3 Å².